The van der Waals surface area contributed by atoms with Gasteiger partial charge in [0.05, 0.1) is 25.9 Å². The molecule has 1 aliphatic carbocycles. The molecular formula is C16H22O3. The van der Waals surface area contributed by atoms with Crippen molar-refractivity contribution in [2.24, 2.45) is 5.41 Å². The number of allylic oxidation sites excluding steroid dienone is 1. The summed E-state index contributed by atoms with van der Waals surface area (Å²) in [6, 6.07) is 5.76. The smallest absolute Gasteiger partial charge is 0.130 e. The number of hydrogen-bond donors (Lipinski definition) is 1. The van der Waals surface area contributed by atoms with Gasteiger partial charge in [0.15, 0.2) is 0 Å². The molecule has 1 aliphatic rings. The molecule has 3 heteroatoms. The minimum absolute atomic E-state index is 0.0787. The number of rotatable bonds is 3. The van der Waals surface area contributed by atoms with Crippen LogP contribution in [0.25, 0.3) is 5.57 Å². The van der Waals surface area contributed by atoms with Crippen molar-refractivity contribution in [3.05, 3.63) is 29.8 Å². The fraction of sp³-hybridized carbons (Fsp3) is 0.500. The molecule has 3 nitrogen and oxygen atoms in total. The van der Waals surface area contributed by atoms with E-state index in [2.05, 4.69) is 13.8 Å². The summed E-state index contributed by atoms with van der Waals surface area (Å²) < 4.78 is 10.9. The Balaban J connectivity index is 2.51. The van der Waals surface area contributed by atoms with Gasteiger partial charge in [-0.15, -0.1) is 0 Å². The van der Waals surface area contributed by atoms with Crippen LogP contribution < -0.4 is 9.47 Å². The number of aliphatic hydroxyl groups is 1. The largest absolute Gasteiger partial charge is 0.496 e. The van der Waals surface area contributed by atoms with E-state index >= 15 is 0 Å². The van der Waals surface area contributed by atoms with Crippen LogP contribution in [0.4, 0.5) is 0 Å². The van der Waals surface area contributed by atoms with E-state index in [0.717, 1.165) is 35.5 Å². The Bertz CT molecular complexity index is 467. The van der Waals surface area contributed by atoms with Gasteiger partial charge in [-0.05, 0) is 36.0 Å². The molecule has 0 aliphatic heterocycles. The van der Waals surface area contributed by atoms with Crippen LogP contribution >= 0.6 is 0 Å². The maximum atomic E-state index is 10.0. The fourth-order valence-electron chi connectivity index (χ4n) is 2.84. The molecule has 0 saturated heterocycles. The molecule has 104 valence electrons. The highest BCUT2D eigenvalue weighted by molar-refractivity contribution is 5.76. The van der Waals surface area contributed by atoms with Crippen LogP contribution in [-0.4, -0.2) is 25.4 Å². The topological polar surface area (TPSA) is 38.7 Å². The summed E-state index contributed by atoms with van der Waals surface area (Å²) in [6.07, 6.45) is 3.20. The quantitative estimate of drug-likeness (QED) is 0.908. The Morgan fingerprint density at radius 2 is 1.74 bits per heavy atom. The number of hydrogen-bond acceptors (Lipinski definition) is 3. The lowest BCUT2D eigenvalue weighted by atomic mass is 9.74. The number of benzene rings is 1. The van der Waals surface area contributed by atoms with Gasteiger partial charge in [0.1, 0.15) is 11.5 Å². The normalized spacial score (nSPS) is 21.7. The Morgan fingerprint density at radius 3 is 2.21 bits per heavy atom. The van der Waals surface area contributed by atoms with Gasteiger partial charge in [0.2, 0.25) is 0 Å². The molecule has 0 fully saturated rings. The maximum absolute atomic E-state index is 10.0. The van der Waals surface area contributed by atoms with E-state index in [1.165, 1.54) is 0 Å². The summed E-state index contributed by atoms with van der Waals surface area (Å²) in [7, 11) is 3.31. The highest BCUT2D eigenvalue weighted by atomic mass is 16.5. The molecular weight excluding hydrogens is 240 g/mol. The van der Waals surface area contributed by atoms with Gasteiger partial charge in [-0.3, -0.25) is 0 Å². The average Bonchev–Trinajstić information content (AvgIpc) is 2.35. The predicted molar refractivity (Wildman–Crippen MR) is 76.5 cm³/mol. The summed E-state index contributed by atoms with van der Waals surface area (Å²) in [5.41, 5.74) is 2.13. The second-order valence-corrected chi connectivity index (χ2v) is 5.84. The molecule has 0 amide bonds. The molecule has 1 N–H and O–H groups in total. The Kier molecular flexibility index (Phi) is 3.85. The molecule has 0 saturated carbocycles. The first-order chi connectivity index (χ1) is 8.96. The van der Waals surface area contributed by atoms with E-state index in [1.54, 1.807) is 14.2 Å². The number of ether oxygens (including phenoxy) is 2. The minimum atomic E-state index is -0.409. The average molecular weight is 262 g/mol. The van der Waals surface area contributed by atoms with E-state index in [4.69, 9.17) is 9.47 Å². The molecule has 1 aromatic carbocycles. The van der Waals surface area contributed by atoms with Crippen molar-refractivity contribution in [3.8, 4) is 11.5 Å². The van der Waals surface area contributed by atoms with Crippen molar-refractivity contribution in [2.45, 2.75) is 32.8 Å². The van der Waals surface area contributed by atoms with Crippen LogP contribution in [0, 0.1) is 5.41 Å². The van der Waals surface area contributed by atoms with E-state index < -0.39 is 6.10 Å². The summed E-state index contributed by atoms with van der Waals surface area (Å²) in [4.78, 5) is 0. The molecule has 1 aromatic rings. The molecule has 1 unspecified atom stereocenters. The monoisotopic (exact) mass is 262 g/mol. The van der Waals surface area contributed by atoms with Gasteiger partial charge >= 0.3 is 0 Å². The first-order valence-electron chi connectivity index (χ1n) is 6.57. The third kappa shape index (κ3) is 2.92. The summed E-state index contributed by atoms with van der Waals surface area (Å²) in [5, 5.41) is 10.0. The van der Waals surface area contributed by atoms with Gasteiger partial charge in [0.25, 0.3) is 0 Å². The minimum Gasteiger partial charge on any atom is -0.496 e. The van der Waals surface area contributed by atoms with E-state index in [1.807, 2.05) is 24.3 Å². The van der Waals surface area contributed by atoms with Crippen molar-refractivity contribution in [1.29, 1.82) is 0 Å². The lowest BCUT2D eigenvalue weighted by Crippen LogP contribution is -2.24. The molecule has 1 atom stereocenters. The van der Waals surface area contributed by atoms with Crippen LogP contribution in [-0.2, 0) is 0 Å². The van der Waals surface area contributed by atoms with Crippen LogP contribution in [0.15, 0.2) is 24.3 Å². The molecule has 0 spiro atoms. The maximum Gasteiger partial charge on any atom is 0.130 e. The van der Waals surface area contributed by atoms with Gasteiger partial charge in [-0.1, -0.05) is 26.0 Å². The van der Waals surface area contributed by atoms with Crippen LogP contribution in [0.1, 0.15) is 32.3 Å². The first kappa shape index (κ1) is 13.9. The number of methoxy groups -OCH3 is 2. The van der Waals surface area contributed by atoms with Crippen molar-refractivity contribution in [2.75, 3.05) is 14.2 Å². The summed E-state index contributed by atoms with van der Waals surface area (Å²) in [6.45, 7) is 4.34. The zero-order valence-corrected chi connectivity index (χ0v) is 12.1. The van der Waals surface area contributed by atoms with Crippen LogP contribution in [0.5, 0.6) is 11.5 Å². The standard InChI is InChI=1S/C16H22O3/c1-16(2)9-11(8-12(17)10-16)15-13(18-3)6-5-7-14(15)19-4/h5-8,12,17H,9-10H2,1-4H3. The fourth-order valence-corrected chi connectivity index (χ4v) is 2.84. The lowest BCUT2D eigenvalue weighted by Gasteiger charge is -2.33. The Morgan fingerprint density at radius 1 is 1.16 bits per heavy atom. The van der Waals surface area contributed by atoms with Gasteiger partial charge in [0, 0.05) is 0 Å². The molecule has 19 heavy (non-hydrogen) atoms. The summed E-state index contributed by atoms with van der Waals surface area (Å²) >= 11 is 0. The Labute approximate surface area is 114 Å². The number of aliphatic hydroxyl groups excluding tert-OH is 1. The Hall–Kier alpha value is -1.48. The zero-order valence-electron chi connectivity index (χ0n) is 12.1. The second kappa shape index (κ2) is 5.25. The molecule has 0 radical (unpaired) electrons. The van der Waals surface area contributed by atoms with Crippen LogP contribution in [0.2, 0.25) is 0 Å². The third-order valence-electron chi connectivity index (χ3n) is 3.57. The lowest BCUT2D eigenvalue weighted by molar-refractivity contribution is 0.146. The second-order valence-electron chi connectivity index (χ2n) is 5.84. The molecule has 0 heterocycles. The first-order valence-corrected chi connectivity index (χ1v) is 6.57. The SMILES string of the molecule is COc1cccc(OC)c1C1=CC(O)CC(C)(C)C1. The van der Waals surface area contributed by atoms with Crippen molar-refractivity contribution in [3.63, 3.8) is 0 Å². The summed E-state index contributed by atoms with van der Waals surface area (Å²) in [5.74, 6) is 1.58. The van der Waals surface area contributed by atoms with Crippen molar-refractivity contribution >= 4 is 5.57 Å². The van der Waals surface area contributed by atoms with Gasteiger partial charge < -0.3 is 14.6 Å². The highest BCUT2D eigenvalue weighted by Crippen LogP contribution is 2.45. The third-order valence-corrected chi connectivity index (χ3v) is 3.57. The van der Waals surface area contributed by atoms with Crippen molar-refractivity contribution < 1.29 is 14.6 Å². The molecule has 0 aromatic heterocycles. The molecule has 0 bridgehead atoms. The van der Waals surface area contributed by atoms with E-state index in [9.17, 15) is 5.11 Å². The van der Waals surface area contributed by atoms with Crippen molar-refractivity contribution in [1.82, 2.24) is 0 Å². The van der Waals surface area contributed by atoms with Gasteiger partial charge in [-0.25, -0.2) is 0 Å². The molecule has 2 rings (SSSR count). The van der Waals surface area contributed by atoms with E-state index in [0.29, 0.717) is 0 Å². The zero-order chi connectivity index (χ0) is 14.0. The van der Waals surface area contributed by atoms with Gasteiger partial charge in [-0.2, -0.15) is 0 Å². The van der Waals surface area contributed by atoms with E-state index in [-0.39, 0.29) is 5.41 Å². The van der Waals surface area contributed by atoms with Crippen LogP contribution in [0.3, 0.4) is 0 Å². The predicted octanol–water partition coefficient (Wildman–Crippen LogP) is 3.27. The highest BCUT2D eigenvalue weighted by Gasteiger charge is 2.30.